The molecule has 2 aromatic rings. The van der Waals surface area contributed by atoms with E-state index in [0.717, 1.165) is 29.1 Å². The lowest BCUT2D eigenvalue weighted by atomic mass is 9.96. The fourth-order valence-electron chi connectivity index (χ4n) is 5.29. The zero-order valence-electron chi connectivity index (χ0n) is 21.1. The molecule has 0 radical (unpaired) electrons. The highest BCUT2D eigenvalue weighted by atomic mass is 35.5. The maximum absolute atomic E-state index is 13.7. The molecule has 1 amide bonds. The molecule has 0 spiro atoms. The molecule has 1 aromatic carbocycles. The van der Waals surface area contributed by atoms with E-state index in [1.807, 2.05) is 29.2 Å². The number of fused-ring (bicyclic) bond motifs is 1. The summed E-state index contributed by atoms with van der Waals surface area (Å²) < 4.78 is 0. The number of piperazine rings is 1. The lowest BCUT2D eigenvalue weighted by Gasteiger charge is -2.38. The molecule has 2 aliphatic rings. The third kappa shape index (κ3) is 5.96. The second-order valence-electron chi connectivity index (χ2n) is 10.0. The van der Waals surface area contributed by atoms with E-state index in [0.29, 0.717) is 50.2 Å². The first kappa shape index (κ1) is 25.9. The van der Waals surface area contributed by atoms with E-state index in [1.165, 1.54) is 12.8 Å². The summed E-state index contributed by atoms with van der Waals surface area (Å²) in [5.41, 5.74) is 2.81. The third-order valence-corrected chi connectivity index (χ3v) is 7.65. The van der Waals surface area contributed by atoms with Gasteiger partial charge in [-0.05, 0) is 43.4 Å². The minimum atomic E-state index is -0.517. The molecule has 1 saturated heterocycles. The number of aromatic nitrogens is 2. The van der Waals surface area contributed by atoms with Gasteiger partial charge in [-0.15, -0.1) is 0 Å². The summed E-state index contributed by atoms with van der Waals surface area (Å²) in [6, 6.07) is 8.03. The molecule has 1 aromatic heterocycles. The molecule has 4 rings (SSSR count). The summed E-state index contributed by atoms with van der Waals surface area (Å²) in [7, 11) is 0. The number of amides is 1. The normalized spacial score (nSPS) is 21.6. The molecular formula is C27H38ClN5O2. The van der Waals surface area contributed by atoms with Crippen LogP contribution in [-0.2, 0) is 4.79 Å². The number of benzene rings is 1. The topological polar surface area (TPSA) is 81.6 Å². The third-order valence-electron chi connectivity index (χ3n) is 7.40. The van der Waals surface area contributed by atoms with Gasteiger partial charge in [0.05, 0.1) is 17.7 Å². The number of hydrogen-bond acceptors (Lipinski definition) is 6. The fourth-order valence-corrected chi connectivity index (χ4v) is 5.41. The lowest BCUT2D eigenvalue weighted by Crippen LogP contribution is -2.51. The van der Waals surface area contributed by atoms with Gasteiger partial charge in [0.15, 0.2) is 0 Å². The quantitative estimate of drug-likeness (QED) is 0.536. The van der Waals surface area contributed by atoms with Crippen LogP contribution in [0.15, 0.2) is 30.6 Å². The summed E-state index contributed by atoms with van der Waals surface area (Å²) in [6.07, 6.45) is 5.17. The molecule has 35 heavy (non-hydrogen) atoms. The van der Waals surface area contributed by atoms with Gasteiger partial charge >= 0.3 is 0 Å². The van der Waals surface area contributed by atoms with Crippen LogP contribution in [0.1, 0.15) is 81.2 Å². The Morgan fingerprint density at radius 3 is 2.60 bits per heavy atom. The monoisotopic (exact) mass is 499 g/mol. The minimum absolute atomic E-state index is 0.152. The molecule has 1 aliphatic heterocycles. The Kier molecular flexibility index (Phi) is 8.63. The van der Waals surface area contributed by atoms with Crippen LogP contribution >= 0.6 is 11.6 Å². The van der Waals surface area contributed by atoms with Gasteiger partial charge in [-0.1, -0.05) is 50.4 Å². The number of hydrogen-bond donors (Lipinski definition) is 2. The second kappa shape index (κ2) is 11.7. The number of unbranched alkanes of at least 4 members (excludes halogenated alkanes) is 1. The van der Waals surface area contributed by atoms with Crippen LogP contribution in [0, 0.1) is 0 Å². The number of anilines is 1. The first-order valence-electron chi connectivity index (χ1n) is 12.9. The van der Waals surface area contributed by atoms with Crippen molar-refractivity contribution in [3.05, 3.63) is 52.4 Å². The molecule has 2 N–H and O–H groups in total. The van der Waals surface area contributed by atoms with Crippen molar-refractivity contribution < 1.29 is 9.90 Å². The van der Waals surface area contributed by atoms with Gasteiger partial charge in [0, 0.05) is 49.4 Å². The highest BCUT2D eigenvalue weighted by Crippen LogP contribution is 2.42. The van der Waals surface area contributed by atoms with Gasteiger partial charge in [0.25, 0.3) is 0 Å². The van der Waals surface area contributed by atoms with Crippen molar-refractivity contribution in [1.29, 1.82) is 0 Å². The number of halogens is 1. The van der Waals surface area contributed by atoms with E-state index in [-0.39, 0.29) is 17.7 Å². The number of rotatable bonds is 9. The van der Waals surface area contributed by atoms with Crippen molar-refractivity contribution in [2.75, 3.05) is 37.6 Å². The van der Waals surface area contributed by atoms with Crippen LogP contribution in [0.2, 0.25) is 5.02 Å². The summed E-state index contributed by atoms with van der Waals surface area (Å²) in [6.45, 7) is 9.83. The van der Waals surface area contributed by atoms with E-state index in [2.05, 4.69) is 41.0 Å². The molecule has 7 nitrogen and oxygen atoms in total. The summed E-state index contributed by atoms with van der Waals surface area (Å²) >= 11 is 6.12. The summed E-state index contributed by atoms with van der Waals surface area (Å²) in [4.78, 5) is 26.8. The van der Waals surface area contributed by atoms with Crippen molar-refractivity contribution in [3.63, 3.8) is 0 Å². The Labute approximate surface area is 213 Å². The zero-order valence-corrected chi connectivity index (χ0v) is 21.8. The average molecular weight is 500 g/mol. The van der Waals surface area contributed by atoms with Crippen LogP contribution < -0.4 is 10.2 Å². The Bertz CT molecular complexity index is 994. The van der Waals surface area contributed by atoms with Crippen molar-refractivity contribution in [3.8, 4) is 0 Å². The highest BCUT2D eigenvalue weighted by molar-refractivity contribution is 6.30. The summed E-state index contributed by atoms with van der Waals surface area (Å²) in [5, 5.41) is 14.6. The zero-order chi connectivity index (χ0) is 24.9. The molecule has 2 heterocycles. The van der Waals surface area contributed by atoms with E-state index >= 15 is 0 Å². The average Bonchev–Trinajstić information content (AvgIpc) is 3.17. The van der Waals surface area contributed by atoms with Crippen molar-refractivity contribution >= 4 is 23.3 Å². The fraction of sp³-hybridized carbons (Fsp3) is 0.593. The van der Waals surface area contributed by atoms with E-state index in [9.17, 15) is 9.90 Å². The van der Waals surface area contributed by atoms with Crippen LogP contribution in [0.4, 0.5) is 5.82 Å². The van der Waals surface area contributed by atoms with E-state index in [1.54, 1.807) is 6.33 Å². The van der Waals surface area contributed by atoms with Gasteiger partial charge in [-0.3, -0.25) is 4.79 Å². The van der Waals surface area contributed by atoms with Crippen LogP contribution in [-0.4, -0.2) is 64.6 Å². The standard InChI is InChI=1S/C27H38ClN5O2/c1-4-5-6-19(3)29-16-22(20-7-9-21(28)10-8-20)27(35)33-13-11-32(12-14-33)26-24-18(2)15-23(34)25(24)30-17-31-26/h7-10,17-19,22-23,29,34H,4-6,11-16H2,1-3H3. The molecule has 1 aliphatic carbocycles. The van der Waals surface area contributed by atoms with Crippen molar-refractivity contribution in [2.24, 2.45) is 0 Å². The Morgan fingerprint density at radius 2 is 1.91 bits per heavy atom. The van der Waals surface area contributed by atoms with Gasteiger partial charge < -0.3 is 20.2 Å². The van der Waals surface area contributed by atoms with Crippen LogP contribution in [0.25, 0.3) is 0 Å². The number of nitrogens with one attached hydrogen (secondary N) is 1. The Morgan fingerprint density at radius 1 is 1.20 bits per heavy atom. The molecule has 4 atom stereocenters. The molecule has 4 unspecified atom stereocenters. The molecule has 0 bridgehead atoms. The number of aliphatic hydroxyl groups is 1. The SMILES string of the molecule is CCCCC(C)NCC(C(=O)N1CCN(c2ncnc3c2C(C)CC3O)CC1)c1ccc(Cl)cc1. The van der Waals surface area contributed by atoms with Crippen molar-refractivity contribution in [1.82, 2.24) is 20.2 Å². The van der Waals surface area contributed by atoms with Gasteiger partial charge in [-0.25, -0.2) is 9.97 Å². The predicted octanol–water partition coefficient (Wildman–Crippen LogP) is 4.27. The minimum Gasteiger partial charge on any atom is -0.387 e. The van der Waals surface area contributed by atoms with Crippen molar-refractivity contribution in [2.45, 2.75) is 70.4 Å². The van der Waals surface area contributed by atoms with E-state index in [4.69, 9.17) is 11.6 Å². The highest BCUT2D eigenvalue weighted by Gasteiger charge is 2.35. The maximum atomic E-state index is 13.7. The first-order valence-corrected chi connectivity index (χ1v) is 13.3. The second-order valence-corrected chi connectivity index (χ2v) is 10.5. The van der Waals surface area contributed by atoms with Crippen LogP contribution in [0.5, 0.6) is 0 Å². The smallest absolute Gasteiger partial charge is 0.231 e. The number of aliphatic hydroxyl groups excluding tert-OH is 1. The lowest BCUT2D eigenvalue weighted by molar-refractivity contribution is -0.133. The summed E-state index contributed by atoms with van der Waals surface area (Å²) in [5.74, 6) is 1.04. The van der Waals surface area contributed by atoms with Gasteiger partial charge in [0.1, 0.15) is 12.1 Å². The molecule has 8 heteroatoms. The number of carbonyl (C=O) groups excluding carboxylic acids is 1. The maximum Gasteiger partial charge on any atom is 0.231 e. The molecule has 0 saturated carbocycles. The largest absolute Gasteiger partial charge is 0.387 e. The molecular weight excluding hydrogens is 462 g/mol. The molecule has 1 fully saturated rings. The number of carbonyl (C=O) groups is 1. The Balaban J connectivity index is 1.44. The van der Waals surface area contributed by atoms with Crippen LogP contribution in [0.3, 0.4) is 0 Å². The Hall–Kier alpha value is -2.22. The first-order chi connectivity index (χ1) is 16.9. The van der Waals surface area contributed by atoms with Gasteiger partial charge in [-0.2, -0.15) is 0 Å². The van der Waals surface area contributed by atoms with E-state index < -0.39 is 6.10 Å². The predicted molar refractivity (Wildman–Crippen MR) is 140 cm³/mol. The van der Waals surface area contributed by atoms with Gasteiger partial charge in [0.2, 0.25) is 5.91 Å². The number of nitrogens with zero attached hydrogens (tertiary/aromatic N) is 4. The molecule has 190 valence electrons.